The second-order valence-electron chi connectivity index (χ2n) is 8.37. The summed E-state index contributed by atoms with van der Waals surface area (Å²) in [7, 11) is 0. The van der Waals surface area contributed by atoms with Crippen molar-refractivity contribution in [3.63, 3.8) is 0 Å². The lowest BCUT2D eigenvalue weighted by Gasteiger charge is -2.17. The van der Waals surface area contributed by atoms with E-state index in [1.54, 1.807) is 0 Å². The summed E-state index contributed by atoms with van der Waals surface area (Å²) >= 11 is 0. The summed E-state index contributed by atoms with van der Waals surface area (Å²) in [6, 6.07) is 26.9. The number of furan rings is 1. The van der Waals surface area contributed by atoms with E-state index in [0.717, 1.165) is 39.2 Å². The second kappa shape index (κ2) is 6.56. The zero-order chi connectivity index (χ0) is 20.0. The van der Waals surface area contributed by atoms with Gasteiger partial charge >= 0.3 is 0 Å². The monoisotopic (exact) mass is 378 g/mol. The van der Waals surface area contributed by atoms with Gasteiger partial charge in [0.1, 0.15) is 22.6 Å². The van der Waals surface area contributed by atoms with E-state index in [9.17, 15) is 0 Å². The molecule has 0 atom stereocenters. The normalized spacial score (nSPS) is 12.0. The van der Waals surface area contributed by atoms with Gasteiger partial charge in [0.05, 0.1) is 0 Å². The predicted molar refractivity (Wildman–Crippen MR) is 119 cm³/mol. The van der Waals surface area contributed by atoms with Gasteiger partial charge in [0.15, 0.2) is 5.58 Å². The number of hydrogen-bond donors (Lipinski definition) is 0. The molecule has 0 N–H and O–H groups in total. The lowest BCUT2D eigenvalue weighted by molar-refractivity contribution is 0.547. The van der Waals surface area contributed by atoms with Gasteiger partial charge in [-0.05, 0) is 23.3 Å². The minimum atomic E-state index is -0.161. The largest absolute Gasteiger partial charge is 0.452 e. The third kappa shape index (κ3) is 3.09. The summed E-state index contributed by atoms with van der Waals surface area (Å²) in [5.41, 5.74) is 6.55. The number of fused-ring (bicyclic) bond motifs is 3. The van der Waals surface area contributed by atoms with Gasteiger partial charge in [-0.1, -0.05) is 87.5 Å². The third-order valence-electron chi connectivity index (χ3n) is 5.16. The Labute approximate surface area is 170 Å². The summed E-state index contributed by atoms with van der Waals surface area (Å²) in [5, 5.41) is 1.03. The van der Waals surface area contributed by atoms with Crippen LogP contribution < -0.4 is 0 Å². The van der Waals surface area contributed by atoms with E-state index in [2.05, 4.69) is 75.4 Å². The molecule has 3 heteroatoms. The van der Waals surface area contributed by atoms with E-state index in [1.165, 1.54) is 11.1 Å². The van der Waals surface area contributed by atoms with Crippen molar-refractivity contribution in [3.8, 4) is 22.4 Å². The van der Waals surface area contributed by atoms with Crippen LogP contribution in [0.1, 0.15) is 26.6 Å². The van der Waals surface area contributed by atoms with Crippen LogP contribution in [0.5, 0.6) is 0 Å². The molecule has 142 valence electrons. The van der Waals surface area contributed by atoms with Gasteiger partial charge in [-0.25, -0.2) is 9.97 Å². The maximum absolute atomic E-state index is 6.20. The Kier molecular flexibility index (Phi) is 3.99. The maximum Gasteiger partial charge on any atom is 0.180 e. The van der Waals surface area contributed by atoms with Crippen LogP contribution in [0, 0.1) is 0 Å². The molecule has 2 aromatic heterocycles. The van der Waals surface area contributed by atoms with E-state index in [4.69, 9.17) is 14.4 Å². The Hall–Kier alpha value is -3.46. The molecule has 0 fully saturated rings. The van der Waals surface area contributed by atoms with Crippen LogP contribution in [0.3, 0.4) is 0 Å². The van der Waals surface area contributed by atoms with Crippen molar-refractivity contribution in [2.24, 2.45) is 0 Å². The molecule has 3 nitrogen and oxygen atoms in total. The minimum Gasteiger partial charge on any atom is -0.452 e. The first-order valence-corrected chi connectivity index (χ1v) is 9.86. The number of benzene rings is 3. The Balaban J connectivity index is 1.73. The van der Waals surface area contributed by atoms with Gasteiger partial charge in [0.25, 0.3) is 0 Å². The van der Waals surface area contributed by atoms with E-state index in [-0.39, 0.29) is 5.41 Å². The number of nitrogens with zero attached hydrogens (tertiary/aromatic N) is 2. The molecule has 0 saturated heterocycles. The molecular weight excluding hydrogens is 356 g/mol. The van der Waals surface area contributed by atoms with Crippen LogP contribution >= 0.6 is 0 Å². The van der Waals surface area contributed by atoms with Gasteiger partial charge < -0.3 is 4.42 Å². The summed E-state index contributed by atoms with van der Waals surface area (Å²) < 4.78 is 6.20. The Morgan fingerprint density at radius 1 is 0.655 bits per heavy atom. The first-order valence-electron chi connectivity index (χ1n) is 9.86. The highest BCUT2D eigenvalue weighted by atomic mass is 16.3. The highest BCUT2D eigenvalue weighted by Crippen LogP contribution is 2.36. The Morgan fingerprint density at radius 3 is 2.00 bits per heavy atom. The molecule has 0 amide bonds. The number of hydrogen-bond acceptors (Lipinski definition) is 3. The quantitative estimate of drug-likeness (QED) is 0.332. The average molecular weight is 378 g/mol. The van der Waals surface area contributed by atoms with Gasteiger partial charge in [-0.2, -0.15) is 0 Å². The van der Waals surface area contributed by atoms with E-state index >= 15 is 0 Å². The highest BCUT2D eigenvalue weighted by Gasteiger charge is 2.23. The predicted octanol–water partition coefficient (Wildman–Crippen LogP) is 7.01. The van der Waals surface area contributed by atoms with Crippen LogP contribution in [0.25, 0.3) is 44.5 Å². The third-order valence-corrected chi connectivity index (χ3v) is 5.16. The minimum absolute atomic E-state index is 0.161. The lowest BCUT2D eigenvalue weighted by Crippen LogP contribution is -2.16. The van der Waals surface area contributed by atoms with Crippen LogP contribution in [0.4, 0.5) is 0 Å². The molecule has 0 spiro atoms. The van der Waals surface area contributed by atoms with Crippen molar-refractivity contribution in [2.75, 3.05) is 0 Å². The first kappa shape index (κ1) is 17.6. The van der Waals surface area contributed by atoms with Crippen LogP contribution in [0.2, 0.25) is 0 Å². The molecule has 29 heavy (non-hydrogen) atoms. The Morgan fingerprint density at radius 2 is 1.28 bits per heavy atom. The highest BCUT2D eigenvalue weighted by molar-refractivity contribution is 6.06. The fourth-order valence-electron chi connectivity index (χ4n) is 3.57. The molecule has 0 aliphatic rings. The summed E-state index contributed by atoms with van der Waals surface area (Å²) in [6.07, 6.45) is 0. The smallest absolute Gasteiger partial charge is 0.180 e. The van der Waals surface area contributed by atoms with Crippen molar-refractivity contribution in [1.82, 2.24) is 9.97 Å². The molecule has 5 rings (SSSR count). The number of aromatic nitrogens is 2. The van der Waals surface area contributed by atoms with Crippen molar-refractivity contribution in [1.29, 1.82) is 0 Å². The lowest BCUT2D eigenvalue weighted by atomic mass is 9.95. The SMILES string of the molecule is CC(C)(C)c1nc(-c2ccc(-c3ccccc3)cc2)c2oc3ccccc3c2n1. The molecule has 0 unspecified atom stereocenters. The average Bonchev–Trinajstić information content (AvgIpc) is 3.12. The molecule has 0 bridgehead atoms. The van der Waals surface area contributed by atoms with Gasteiger partial charge in [0, 0.05) is 16.4 Å². The summed E-state index contributed by atoms with van der Waals surface area (Å²) in [6.45, 7) is 6.41. The molecule has 0 aliphatic carbocycles. The standard InChI is InChI=1S/C26H22N2O/c1-26(2,3)25-27-22(24-23(28-25)20-11-7-8-12-21(20)29-24)19-15-13-18(14-16-19)17-9-5-4-6-10-17/h4-16H,1-3H3. The molecule has 3 aromatic carbocycles. The molecule has 0 radical (unpaired) electrons. The Bertz CT molecular complexity index is 1310. The van der Waals surface area contributed by atoms with Crippen LogP contribution in [-0.2, 0) is 5.41 Å². The summed E-state index contributed by atoms with van der Waals surface area (Å²) in [4.78, 5) is 9.82. The molecule has 2 heterocycles. The zero-order valence-electron chi connectivity index (χ0n) is 16.8. The zero-order valence-corrected chi connectivity index (χ0v) is 16.8. The van der Waals surface area contributed by atoms with E-state index in [1.807, 2.05) is 24.3 Å². The maximum atomic E-state index is 6.20. The van der Waals surface area contributed by atoms with Crippen molar-refractivity contribution < 1.29 is 4.42 Å². The number of rotatable bonds is 2. The fourth-order valence-corrected chi connectivity index (χ4v) is 3.57. The second-order valence-corrected chi connectivity index (χ2v) is 8.37. The van der Waals surface area contributed by atoms with Gasteiger partial charge in [-0.3, -0.25) is 0 Å². The van der Waals surface area contributed by atoms with Crippen molar-refractivity contribution >= 4 is 22.1 Å². The summed E-state index contributed by atoms with van der Waals surface area (Å²) in [5.74, 6) is 0.818. The fraction of sp³-hybridized carbons (Fsp3) is 0.154. The number of para-hydroxylation sites is 1. The molecule has 5 aromatic rings. The van der Waals surface area contributed by atoms with Gasteiger partial charge in [0.2, 0.25) is 0 Å². The van der Waals surface area contributed by atoms with Crippen molar-refractivity contribution in [3.05, 3.63) is 84.7 Å². The van der Waals surface area contributed by atoms with E-state index < -0.39 is 0 Å². The topological polar surface area (TPSA) is 38.9 Å². The molecular formula is C26H22N2O. The van der Waals surface area contributed by atoms with Crippen LogP contribution in [-0.4, -0.2) is 9.97 Å². The van der Waals surface area contributed by atoms with Crippen LogP contribution in [0.15, 0.2) is 83.3 Å². The molecule has 0 saturated carbocycles. The van der Waals surface area contributed by atoms with E-state index in [0.29, 0.717) is 0 Å². The molecule has 0 aliphatic heterocycles. The first-order chi connectivity index (χ1) is 14.0. The van der Waals surface area contributed by atoms with Gasteiger partial charge in [-0.15, -0.1) is 0 Å². The van der Waals surface area contributed by atoms with Crippen molar-refractivity contribution in [2.45, 2.75) is 26.2 Å².